The van der Waals surface area contributed by atoms with Crippen LogP contribution in [0.5, 0.6) is 0 Å². The topological polar surface area (TPSA) is 273 Å². The molecule has 0 bridgehead atoms. The summed E-state index contributed by atoms with van der Waals surface area (Å²) in [6.07, 6.45) is 0. The van der Waals surface area contributed by atoms with E-state index in [1.807, 2.05) is 24.3 Å². The number of carbonyl (C=O) groups is 10. The predicted octanol–water partition coefficient (Wildman–Crippen LogP) is 6.44. The van der Waals surface area contributed by atoms with Crippen LogP contribution < -0.4 is 0 Å². The number of nitrogens with zero attached hydrogens (tertiary/aromatic N) is 2. The lowest BCUT2D eigenvalue weighted by Crippen LogP contribution is -2.24. The second-order valence-corrected chi connectivity index (χ2v) is 17.0. The van der Waals surface area contributed by atoms with Crippen molar-refractivity contribution in [3.05, 3.63) is 211 Å². The number of fused-ring (bicyclic) bond motifs is 2. The molecule has 2 aliphatic rings. The average Bonchev–Trinajstić information content (AvgIpc) is 3.92. The Morgan fingerprint density at radius 1 is 0.355 bits per heavy atom. The maximum Gasteiger partial charge on any atom is 0.338 e. The van der Waals surface area contributed by atoms with Crippen molar-refractivity contribution in [1.82, 2.24) is 9.80 Å². The molecule has 6 aromatic rings. The largest absolute Gasteiger partial charge is 0.478 e. The fourth-order valence-electron chi connectivity index (χ4n) is 8.04. The summed E-state index contributed by atoms with van der Waals surface area (Å²) in [5, 5.41) is 18.3. The molecule has 0 fully saturated rings. The number of hydrogen-bond donors (Lipinski definition) is 2. The lowest BCUT2D eigenvalue weighted by atomic mass is 10.1. The molecule has 2 heterocycles. The van der Waals surface area contributed by atoms with Gasteiger partial charge in [0.15, 0.2) is 0 Å². The second-order valence-electron chi connectivity index (χ2n) is 17.0. The van der Waals surface area contributed by atoms with Crippen LogP contribution in [0.4, 0.5) is 0 Å². The molecule has 0 spiro atoms. The zero-order chi connectivity index (χ0) is 53.9. The van der Waals surface area contributed by atoms with Crippen molar-refractivity contribution in [2.24, 2.45) is 0 Å². The van der Waals surface area contributed by atoms with Crippen LogP contribution >= 0.6 is 0 Å². The first-order chi connectivity index (χ1) is 36.6. The Balaban J connectivity index is 0.700. The number of amides is 2. The van der Waals surface area contributed by atoms with Gasteiger partial charge in [-0.25, -0.2) is 38.4 Å². The number of carboxylic acid groups (broad SMARTS) is 2. The number of aromatic carboxylic acids is 2. The first-order valence-electron chi connectivity index (χ1n) is 23.3. The Morgan fingerprint density at radius 2 is 0.632 bits per heavy atom. The third kappa shape index (κ3) is 12.8. The van der Waals surface area contributed by atoms with Gasteiger partial charge in [-0.1, -0.05) is 36.4 Å². The van der Waals surface area contributed by atoms with Crippen LogP contribution in [0.15, 0.2) is 133 Å². The molecule has 2 aliphatic heterocycles. The molecule has 0 unspecified atom stereocenters. The Bertz CT molecular complexity index is 3280. The van der Waals surface area contributed by atoms with Gasteiger partial charge in [0.1, 0.15) is 39.6 Å². The SMILES string of the molecule is O=C(O)c1ccc(C(=O)OCCOC(=O)c2ccc(C(=O)OCCOC(=O)c3ccc(C(=O)OCCOC(=O)c4ccc5c(c4)C(=O)N(Cc4cccc(CN6Cc7ccc(C(=O)O)cc7C6=O)c4)C5)cc3)cc2)cc1. The highest BCUT2D eigenvalue weighted by Crippen LogP contribution is 2.28. The lowest BCUT2D eigenvalue weighted by Gasteiger charge is -2.18. The molecule has 20 heteroatoms. The number of hydrogen-bond acceptors (Lipinski definition) is 16. The van der Waals surface area contributed by atoms with E-state index >= 15 is 0 Å². The molecule has 0 saturated carbocycles. The van der Waals surface area contributed by atoms with Gasteiger partial charge < -0.3 is 48.4 Å². The zero-order valence-electron chi connectivity index (χ0n) is 40.1. The minimum Gasteiger partial charge on any atom is -0.478 e. The highest BCUT2D eigenvalue weighted by Gasteiger charge is 2.30. The van der Waals surface area contributed by atoms with E-state index in [4.69, 9.17) is 33.5 Å². The van der Waals surface area contributed by atoms with Crippen molar-refractivity contribution in [2.75, 3.05) is 39.6 Å². The zero-order valence-corrected chi connectivity index (χ0v) is 40.1. The van der Waals surface area contributed by atoms with E-state index < -0.39 is 47.8 Å². The van der Waals surface area contributed by atoms with Crippen LogP contribution in [-0.4, -0.2) is 119 Å². The summed E-state index contributed by atoms with van der Waals surface area (Å²) >= 11 is 0. The van der Waals surface area contributed by atoms with E-state index in [9.17, 15) is 53.1 Å². The molecule has 20 nitrogen and oxygen atoms in total. The average molecular weight is 1030 g/mol. The molecule has 2 amide bonds. The molecule has 0 aliphatic carbocycles. The number of esters is 6. The van der Waals surface area contributed by atoms with Gasteiger partial charge in [0.05, 0.1) is 44.5 Å². The van der Waals surface area contributed by atoms with E-state index in [0.29, 0.717) is 30.8 Å². The van der Waals surface area contributed by atoms with Crippen molar-refractivity contribution < 1.29 is 86.6 Å². The van der Waals surface area contributed by atoms with Crippen LogP contribution in [0.2, 0.25) is 0 Å². The first-order valence-corrected chi connectivity index (χ1v) is 23.3. The Hall–Kier alpha value is -9.98. The number of benzene rings is 6. The monoisotopic (exact) mass is 1030 g/mol. The maximum atomic E-state index is 13.5. The van der Waals surface area contributed by atoms with Gasteiger partial charge in [-0.15, -0.1) is 0 Å². The van der Waals surface area contributed by atoms with E-state index in [-0.39, 0.29) is 103 Å². The standard InChI is InChI=1S/C56H44N2O18/c59-47-45-27-41(50(63)64)16-18-43(45)31-57(47)29-33-2-1-3-34(26-33)30-58-32-44-19-17-42(28-46(44)48(58)60)56(70)76-25-24-75-55(69)40-14-12-39(13-15-40)54(68)74-23-22-73-53(67)38-10-8-37(9-11-38)52(66)72-21-20-71-51(65)36-6-4-35(5-7-36)49(61)62/h1-19,26-28H,20-25,29-32H2,(H,61,62)(H,63,64). The molecule has 6 aromatic carbocycles. The molecule has 76 heavy (non-hydrogen) atoms. The molecule has 0 atom stereocenters. The minimum absolute atomic E-state index is 0.00492. The first kappa shape index (κ1) is 52.3. The normalized spacial score (nSPS) is 12.3. The van der Waals surface area contributed by atoms with Crippen LogP contribution in [0.1, 0.15) is 126 Å². The summed E-state index contributed by atoms with van der Waals surface area (Å²) < 4.78 is 31.0. The fourth-order valence-corrected chi connectivity index (χ4v) is 8.04. The van der Waals surface area contributed by atoms with Crippen molar-refractivity contribution in [3.63, 3.8) is 0 Å². The van der Waals surface area contributed by atoms with Gasteiger partial charge in [0, 0.05) is 37.3 Å². The molecular weight excluding hydrogens is 989 g/mol. The third-order valence-electron chi connectivity index (χ3n) is 11.9. The van der Waals surface area contributed by atoms with Crippen LogP contribution in [-0.2, 0) is 54.6 Å². The predicted molar refractivity (Wildman–Crippen MR) is 261 cm³/mol. The van der Waals surface area contributed by atoms with Gasteiger partial charge in [-0.3, -0.25) is 9.59 Å². The number of carboxylic acids is 2. The highest BCUT2D eigenvalue weighted by molar-refractivity contribution is 6.02. The molecule has 2 N–H and O–H groups in total. The van der Waals surface area contributed by atoms with Gasteiger partial charge in [0.25, 0.3) is 11.8 Å². The number of carbonyl (C=O) groups excluding carboxylic acids is 8. The van der Waals surface area contributed by atoms with Crippen molar-refractivity contribution in [3.8, 4) is 0 Å². The summed E-state index contributed by atoms with van der Waals surface area (Å²) in [6, 6.07) is 32.5. The summed E-state index contributed by atoms with van der Waals surface area (Å²) in [5.41, 5.74) is 4.55. The Morgan fingerprint density at radius 3 is 0.961 bits per heavy atom. The van der Waals surface area contributed by atoms with E-state index in [0.717, 1.165) is 22.3 Å². The smallest absolute Gasteiger partial charge is 0.338 e. The van der Waals surface area contributed by atoms with Crippen LogP contribution in [0.25, 0.3) is 0 Å². The molecule has 0 aromatic heterocycles. The van der Waals surface area contributed by atoms with Gasteiger partial charge in [-0.05, 0) is 119 Å². The highest BCUT2D eigenvalue weighted by atomic mass is 16.6. The van der Waals surface area contributed by atoms with Crippen molar-refractivity contribution in [2.45, 2.75) is 26.2 Å². The van der Waals surface area contributed by atoms with E-state index in [2.05, 4.69) is 0 Å². The minimum atomic E-state index is -1.14. The molecular formula is C56H44N2O18. The Kier molecular flexibility index (Phi) is 16.3. The fraction of sp³-hybridized carbons (Fsp3) is 0.179. The summed E-state index contributed by atoms with van der Waals surface area (Å²) in [7, 11) is 0. The lowest BCUT2D eigenvalue weighted by molar-refractivity contribution is 0.0261. The summed E-state index contributed by atoms with van der Waals surface area (Å²) in [6.45, 7) is -0.471. The van der Waals surface area contributed by atoms with E-state index in [1.54, 1.807) is 28.0 Å². The van der Waals surface area contributed by atoms with Crippen molar-refractivity contribution in [1.29, 1.82) is 0 Å². The second kappa shape index (κ2) is 23.7. The van der Waals surface area contributed by atoms with Crippen LogP contribution in [0.3, 0.4) is 0 Å². The number of ether oxygens (including phenoxy) is 6. The summed E-state index contributed by atoms with van der Waals surface area (Å²) in [5.74, 6) is -7.26. The quantitative estimate of drug-likeness (QED) is 0.0446. The van der Waals surface area contributed by atoms with Gasteiger partial charge in [-0.2, -0.15) is 0 Å². The maximum absolute atomic E-state index is 13.5. The molecule has 0 radical (unpaired) electrons. The van der Waals surface area contributed by atoms with Crippen molar-refractivity contribution >= 4 is 59.6 Å². The van der Waals surface area contributed by atoms with Gasteiger partial charge in [0.2, 0.25) is 0 Å². The third-order valence-corrected chi connectivity index (χ3v) is 11.9. The molecule has 386 valence electrons. The molecule has 8 rings (SSSR count). The Labute approximate surface area is 431 Å². The summed E-state index contributed by atoms with van der Waals surface area (Å²) in [4.78, 5) is 127. The van der Waals surface area contributed by atoms with Gasteiger partial charge >= 0.3 is 47.8 Å². The molecule has 0 saturated heterocycles. The number of rotatable bonds is 21. The van der Waals surface area contributed by atoms with Crippen LogP contribution in [0, 0.1) is 0 Å². The van der Waals surface area contributed by atoms with E-state index in [1.165, 1.54) is 91.0 Å².